The third kappa shape index (κ3) is 10.8. The van der Waals surface area contributed by atoms with Crippen LogP contribution in [0.1, 0.15) is 12.8 Å². The molecule has 1 fully saturated rings. The average molecular weight is 434 g/mol. The van der Waals surface area contributed by atoms with Gasteiger partial charge in [-0.1, -0.05) is 0 Å². The van der Waals surface area contributed by atoms with Crippen LogP contribution in [-0.4, -0.2) is 100 Å². The molecule has 2 amide bonds. The second-order valence-corrected chi connectivity index (χ2v) is 7.29. The first kappa shape index (κ1) is 26.2. The molecule has 7 N–H and O–H groups in total. The van der Waals surface area contributed by atoms with E-state index in [0.717, 1.165) is 6.42 Å². The maximum Gasteiger partial charge on any atom is 0.319 e. The van der Waals surface area contributed by atoms with Crippen LogP contribution < -0.4 is 22.2 Å². The van der Waals surface area contributed by atoms with Gasteiger partial charge in [0.25, 0.3) is 0 Å². The van der Waals surface area contributed by atoms with Gasteiger partial charge in [0.15, 0.2) is 0 Å². The van der Waals surface area contributed by atoms with Crippen molar-refractivity contribution >= 4 is 17.8 Å². The summed E-state index contributed by atoms with van der Waals surface area (Å²) >= 11 is 0. The normalized spacial score (nSPS) is 19.9. The van der Waals surface area contributed by atoms with E-state index in [-0.39, 0.29) is 31.4 Å². The molecule has 0 unspecified atom stereocenters. The molecule has 12 heteroatoms. The number of carboxylic acids is 1. The number of nitrogens with zero attached hydrogens (tertiary/aromatic N) is 1. The first-order chi connectivity index (χ1) is 14.3. The van der Waals surface area contributed by atoms with E-state index in [0.29, 0.717) is 33.0 Å². The Kier molecular flexibility index (Phi) is 12.4. The number of amides is 2. The zero-order valence-corrected chi connectivity index (χ0v) is 17.7. The quantitative estimate of drug-likeness (QED) is 0.122. The molecule has 0 saturated heterocycles. The monoisotopic (exact) mass is 433 g/mol. The van der Waals surface area contributed by atoms with Gasteiger partial charge in [0, 0.05) is 26.6 Å². The summed E-state index contributed by atoms with van der Waals surface area (Å²) in [7, 11) is 3.03. The Morgan fingerprint density at radius 2 is 1.87 bits per heavy atom. The summed E-state index contributed by atoms with van der Waals surface area (Å²) in [6, 6.07) is -1.33. The van der Waals surface area contributed by atoms with E-state index in [1.807, 2.05) is 0 Å². The van der Waals surface area contributed by atoms with Crippen molar-refractivity contribution in [2.24, 2.45) is 23.3 Å². The van der Waals surface area contributed by atoms with Gasteiger partial charge in [0.2, 0.25) is 11.8 Å². The highest BCUT2D eigenvalue weighted by Gasteiger charge is 2.43. The van der Waals surface area contributed by atoms with Crippen LogP contribution in [0.15, 0.2) is 0 Å². The summed E-state index contributed by atoms with van der Waals surface area (Å²) in [5, 5.41) is 12.7. The van der Waals surface area contributed by atoms with E-state index < -0.39 is 29.9 Å². The number of likely N-dealkylation sites (N-methyl/N-ethyl adjacent to an activating group) is 1. The van der Waals surface area contributed by atoms with Crippen LogP contribution in [0.5, 0.6) is 0 Å². The van der Waals surface area contributed by atoms with Crippen LogP contribution >= 0.6 is 0 Å². The van der Waals surface area contributed by atoms with Crippen molar-refractivity contribution in [1.82, 2.24) is 15.8 Å². The van der Waals surface area contributed by atoms with Gasteiger partial charge < -0.3 is 36.1 Å². The minimum absolute atomic E-state index is 0.00220. The third-order valence-electron chi connectivity index (χ3n) is 4.66. The molecular weight excluding hydrogens is 398 g/mol. The minimum atomic E-state index is -1.07. The van der Waals surface area contributed by atoms with Gasteiger partial charge in [-0.25, -0.2) is 5.01 Å². The molecule has 12 nitrogen and oxygen atoms in total. The largest absolute Gasteiger partial charge is 0.480 e. The summed E-state index contributed by atoms with van der Waals surface area (Å²) < 4.78 is 15.5. The van der Waals surface area contributed by atoms with E-state index >= 15 is 0 Å². The number of carbonyl (C=O) groups is 3. The van der Waals surface area contributed by atoms with Gasteiger partial charge in [-0.3, -0.25) is 19.8 Å². The molecule has 0 bridgehead atoms. The van der Waals surface area contributed by atoms with Gasteiger partial charge >= 0.3 is 5.97 Å². The molecule has 30 heavy (non-hydrogen) atoms. The molecule has 0 aromatic carbocycles. The Morgan fingerprint density at radius 3 is 2.47 bits per heavy atom. The number of carboxylic acid groups (broad SMARTS) is 1. The van der Waals surface area contributed by atoms with E-state index in [9.17, 15) is 14.4 Å². The molecule has 0 heterocycles. The zero-order valence-electron chi connectivity index (χ0n) is 17.7. The topological polar surface area (TPSA) is 178 Å². The molecule has 1 aliphatic carbocycles. The number of methoxy groups -OCH3 is 1. The fourth-order valence-electron chi connectivity index (χ4n) is 2.98. The first-order valence-corrected chi connectivity index (χ1v) is 9.91. The summed E-state index contributed by atoms with van der Waals surface area (Å²) in [6.07, 6.45) is 0.808. The Balaban J connectivity index is 2.42. The van der Waals surface area contributed by atoms with Crippen molar-refractivity contribution in [2.75, 3.05) is 60.3 Å². The SMILES string of the molecule is COCCOCCOC[C@H](N)C(=O)N[C@H](CC(=O)NN(C)CC(=O)O)[C@H]1C[C@H]1CN. The summed E-state index contributed by atoms with van der Waals surface area (Å²) in [6.45, 7) is 1.76. The van der Waals surface area contributed by atoms with Crippen molar-refractivity contribution in [3.05, 3.63) is 0 Å². The summed E-state index contributed by atoms with van der Waals surface area (Å²) in [5.74, 6) is -1.57. The van der Waals surface area contributed by atoms with Crippen molar-refractivity contribution in [3.63, 3.8) is 0 Å². The van der Waals surface area contributed by atoms with Crippen molar-refractivity contribution in [3.8, 4) is 0 Å². The lowest BCUT2D eigenvalue weighted by molar-refractivity contribution is -0.139. The minimum Gasteiger partial charge on any atom is -0.480 e. The number of hydrogen-bond acceptors (Lipinski definition) is 9. The van der Waals surface area contributed by atoms with E-state index in [1.165, 1.54) is 12.1 Å². The molecule has 0 aliphatic heterocycles. The van der Waals surface area contributed by atoms with Crippen molar-refractivity contribution in [2.45, 2.75) is 24.9 Å². The van der Waals surface area contributed by atoms with Crippen LogP contribution in [0.4, 0.5) is 0 Å². The number of carbonyl (C=O) groups excluding carboxylic acids is 2. The second kappa shape index (κ2) is 14.2. The molecule has 0 spiro atoms. The van der Waals surface area contributed by atoms with Gasteiger partial charge in [0.05, 0.1) is 33.0 Å². The molecule has 1 saturated carbocycles. The van der Waals surface area contributed by atoms with Gasteiger partial charge in [-0.15, -0.1) is 0 Å². The smallest absolute Gasteiger partial charge is 0.319 e. The van der Waals surface area contributed by atoms with Crippen LogP contribution in [0.3, 0.4) is 0 Å². The second-order valence-electron chi connectivity index (χ2n) is 7.29. The first-order valence-electron chi connectivity index (χ1n) is 9.91. The molecule has 1 aliphatic rings. The zero-order chi connectivity index (χ0) is 22.5. The fourth-order valence-corrected chi connectivity index (χ4v) is 2.98. The number of rotatable bonds is 17. The Bertz CT molecular complexity index is 551. The standard InChI is InChI=1S/C18H35N5O7/c1-23(10-17(25)26)22-16(24)8-15(13-7-12(13)9-19)21-18(27)14(20)11-30-6-5-29-4-3-28-2/h12-15H,3-11,19-20H2,1-2H3,(H,21,27)(H,22,24)(H,25,26)/t12-,13-,14-,15+/m0/s1. The van der Waals surface area contributed by atoms with Gasteiger partial charge in [-0.2, -0.15) is 0 Å². The molecular formula is C18H35N5O7. The number of nitrogens with one attached hydrogen (secondary N) is 2. The maximum absolute atomic E-state index is 12.4. The van der Waals surface area contributed by atoms with E-state index in [4.69, 9.17) is 30.8 Å². The highest BCUT2D eigenvalue weighted by Crippen LogP contribution is 2.41. The highest BCUT2D eigenvalue weighted by atomic mass is 16.5. The lowest BCUT2D eigenvalue weighted by atomic mass is 10.1. The Labute approximate surface area is 176 Å². The van der Waals surface area contributed by atoms with Crippen molar-refractivity contribution < 1.29 is 33.7 Å². The van der Waals surface area contributed by atoms with Gasteiger partial charge in [0.1, 0.15) is 12.6 Å². The number of ether oxygens (including phenoxy) is 3. The predicted molar refractivity (Wildman–Crippen MR) is 107 cm³/mol. The van der Waals surface area contributed by atoms with Crippen LogP contribution in [-0.2, 0) is 28.6 Å². The van der Waals surface area contributed by atoms with Crippen LogP contribution in [0.2, 0.25) is 0 Å². The third-order valence-corrected chi connectivity index (χ3v) is 4.66. The molecule has 0 aromatic rings. The van der Waals surface area contributed by atoms with Crippen molar-refractivity contribution in [1.29, 1.82) is 0 Å². The molecule has 0 radical (unpaired) electrons. The Morgan fingerprint density at radius 1 is 1.20 bits per heavy atom. The summed E-state index contributed by atoms with van der Waals surface area (Å²) in [5.41, 5.74) is 14.1. The molecule has 4 atom stereocenters. The lowest BCUT2D eigenvalue weighted by Gasteiger charge is -2.23. The fraction of sp³-hybridized carbons (Fsp3) is 0.833. The number of aliphatic carboxylic acids is 1. The average Bonchev–Trinajstić information content (AvgIpc) is 3.45. The summed E-state index contributed by atoms with van der Waals surface area (Å²) in [4.78, 5) is 35.4. The van der Waals surface area contributed by atoms with E-state index in [2.05, 4.69) is 10.7 Å². The van der Waals surface area contributed by atoms with Gasteiger partial charge in [-0.05, 0) is 24.8 Å². The van der Waals surface area contributed by atoms with Crippen LogP contribution in [0.25, 0.3) is 0 Å². The number of hydrogen-bond donors (Lipinski definition) is 5. The molecule has 1 rings (SSSR count). The lowest BCUT2D eigenvalue weighted by Crippen LogP contribution is -2.51. The molecule has 174 valence electrons. The molecule has 0 aromatic heterocycles. The number of hydrazine groups is 1. The highest BCUT2D eigenvalue weighted by molar-refractivity contribution is 5.83. The Hall–Kier alpha value is -1.83. The number of nitrogens with two attached hydrogens (primary N) is 2. The maximum atomic E-state index is 12.4. The predicted octanol–water partition coefficient (Wildman–Crippen LogP) is -2.49. The van der Waals surface area contributed by atoms with E-state index in [1.54, 1.807) is 7.11 Å². The van der Waals surface area contributed by atoms with Crippen LogP contribution in [0, 0.1) is 11.8 Å².